The number of halogens is 1. The van der Waals surface area contributed by atoms with Crippen LogP contribution in [-0.2, 0) is 21.0 Å². The van der Waals surface area contributed by atoms with E-state index in [2.05, 4.69) is 15.9 Å². The molecule has 0 aromatic heterocycles. The van der Waals surface area contributed by atoms with Crippen LogP contribution in [0.3, 0.4) is 0 Å². The zero-order valence-corrected chi connectivity index (χ0v) is 20.8. The number of rotatable bonds is 6. The van der Waals surface area contributed by atoms with Crippen molar-refractivity contribution in [1.82, 2.24) is 4.90 Å². The highest BCUT2D eigenvalue weighted by molar-refractivity contribution is 9.10. The number of aliphatic carboxylic acids is 1. The first-order valence-corrected chi connectivity index (χ1v) is 12.7. The van der Waals surface area contributed by atoms with Crippen LogP contribution in [-0.4, -0.2) is 34.1 Å². The summed E-state index contributed by atoms with van der Waals surface area (Å²) >= 11 is 3.43. The maximum atomic E-state index is 13.2. The van der Waals surface area contributed by atoms with Gasteiger partial charge in [-0.05, 0) is 61.1 Å². The first-order valence-electron chi connectivity index (χ1n) is 11.9. The number of hydrogen-bond acceptors (Lipinski definition) is 5. The van der Waals surface area contributed by atoms with Crippen molar-refractivity contribution in [3.63, 3.8) is 0 Å². The lowest BCUT2D eigenvalue weighted by Crippen LogP contribution is -2.41. The Morgan fingerprint density at radius 1 is 0.886 bits per heavy atom. The normalized spacial score (nSPS) is 18.5. The van der Waals surface area contributed by atoms with Gasteiger partial charge >= 0.3 is 5.97 Å². The third-order valence-corrected chi connectivity index (χ3v) is 7.44. The van der Waals surface area contributed by atoms with E-state index in [0.717, 1.165) is 27.0 Å². The Bertz CT molecular complexity index is 1200. The fraction of sp³-hybridized carbons (Fsp3) is 0.321. The average Bonchev–Trinajstić information content (AvgIpc) is 2.85. The molecule has 0 radical (unpaired) electrons. The molecule has 35 heavy (non-hydrogen) atoms. The number of ether oxygens (including phenoxy) is 1. The molecule has 0 amide bonds. The second-order valence-electron chi connectivity index (χ2n) is 9.17. The summed E-state index contributed by atoms with van der Waals surface area (Å²) < 4.78 is 6.95. The molecule has 5 rings (SSSR count). The molecule has 1 aliphatic heterocycles. The molecule has 1 heterocycles. The lowest BCUT2D eigenvalue weighted by atomic mass is 9.71. The maximum Gasteiger partial charge on any atom is 0.323 e. The van der Waals surface area contributed by atoms with E-state index >= 15 is 0 Å². The lowest BCUT2D eigenvalue weighted by molar-refractivity contribution is -0.138. The molecule has 2 aromatic rings. The molecule has 2 aliphatic carbocycles. The molecule has 0 spiro atoms. The number of benzene rings is 2. The quantitative estimate of drug-likeness (QED) is 0.523. The van der Waals surface area contributed by atoms with Crippen molar-refractivity contribution in [2.24, 2.45) is 0 Å². The Morgan fingerprint density at radius 3 is 2.00 bits per heavy atom. The van der Waals surface area contributed by atoms with Crippen LogP contribution >= 0.6 is 15.9 Å². The zero-order valence-electron chi connectivity index (χ0n) is 19.3. The highest BCUT2D eigenvalue weighted by Crippen LogP contribution is 2.49. The SMILES string of the molecule is O=C(O)CN1C2=C(C(=O)CCC2)C(c2ccc(OCc3ccc(Br)cc3)cc2)C2=C1CCCC2=O. The Labute approximate surface area is 212 Å². The minimum atomic E-state index is -0.967. The summed E-state index contributed by atoms with van der Waals surface area (Å²) in [4.78, 5) is 39.8. The molecule has 0 unspecified atom stereocenters. The van der Waals surface area contributed by atoms with E-state index < -0.39 is 11.9 Å². The van der Waals surface area contributed by atoms with Gasteiger partial charge in [-0.2, -0.15) is 0 Å². The van der Waals surface area contributed by atoms with Gasteiger partial charge in [0.1, 0.15) is 18.9 Å². The molecule has 3 aliphatic rings. The molecule has 0 atom stereocenters. The summed E-state index contributed by atoms with van der Waals surface area (Å²) in [5, 5.41) is 9.57. The Balaban J connectivity index is 1.49. The fourth-order valence-corrected chi connectivity index (χ4v) is 5.64. The first-order chi connectivity index (χ1) is 16.9. The van der Waals surface area contributed by atoms with Crippen LogP contribution in [0.2, 0.25) is 0 Å². The van der Waals surface area contributed by atoms with Crippen molar-refractivity contribution in [3.05, 3.63) is 86.7 Å². The minimum Gasteiger partial charge on any atom is -0.489 e. The van der Waals surface area contributed by atoms with E-state index in [-0.39, 0.29) is 18.1 Å². The number of Topliss-reactive ketones (excluding diaryl/α,β-unsaturated/α-hetero) is 2. The minimum absolute atomic E-state index is 0.00660. The van der Waals surface area contributed by atoms with E-state index in [0.29, 0.717) is 62.0 Å². The zero-order chi connectivity index (χ0) is 24.5. The van der Waals surface area contributed by atoms with E-state index in [1.54, 1.807) is 4.90 Å². The number of allylic oxidation sites excluding steroid dienone is 4. The van der Waals surface area contributed by atoms with Gasteiger partial charge in [-0.15, -0.1) is 0 Å². The van der Waals surface area contributed by atoms with Gasteiger partial charge in [0, 0.05) is 45.8 Å². The third-order valence-electron chi connectivity index (χ3n) is 6.91. The molecular weight excluding hydrogens is 510 g/mol. The van der Waals surface area contributed by atoms with Crippen LogP contribution in [0.25, 0.3) is 0 Å². The fourth-order valence-electron chi connectivity index (χ4n) is 5.38. The first kappa shape index (κ1) is 23.5. The van der Waals surface area contributed by atoms with Crippen molar-refractivity contribution in [2.45, 2.75) is 51.0 Å². The number of carbonyl (C=O) groups excluding carboxylic acids is 2. The van der Waals surface area contributed by atoms with Crippen molar-refractivity contribution in [3.8, 4) is 5.75 Å². The standard InChI is InChI=1S/C28H26BrNO5/c29-19-11-7-17(8-12-19)16-35-20-13-9-18(10-14-20)26-27-21(3-1-5-23(27)31)30(15-25(33)34)22-4-2-6-24(32)28(22)26/h7-14,26H,1-6,15-16H2,(H,33,34). The molecule has 180 valence electrons. The molecule has 2 aromatic carbocycles. The molecule has 1 N–H and O–H groups in total. The van der Waals surface area contributed by atoms with Crippen molar-refractivity contribution in [2.75, 3.05) is 6.54 Å². The smallest absolute Gasteiger partial charge is 0.323 e. The highest BCUT2D eigenvalue weighted by Gasteiger charge is 2.43. The molecule has 0 fully saturated rings. The number of carboxylic acids is 1. The molecule has 0 saturated carbocycles. The third kappa shape index (κ3) is 4.69. The predicted molar refractivity (Wildman–Crippen MR) is 134 cm³/mol. The van der Waals surface area contributed by atoms with Crippen LogP contribution in [0.15, 0.2) is 75.5 Å². The molecule has 0 saturated heterocycles. The van der Waals surface area contributed by atoms with Gasteiger partial charge in [0.25, 0.3) is 0 Å². The van der Waals surface area contributed by atoms with E-state index in [4.69, 9.17) is 4.74 Å². The van der Waals surface area contributed by atoms with Crippen LogP contribution in [0, 0.1) is 0 Å². The van der Waals surface area contributed by atoms with Gasteiger partial charge in [-0.25, -0.2) is 0 Å². The Hall–Kier alpha value is -3.19. The maximum absolute atomic E-state index is 13.2. The lowest BCUT2D eigenvalue weighted by Gasteiger charge is -2.43. The Kier molecular flexibility index (Phi) is 6.60. The van der Waals surface area contributed by atoms with Crippen molar-refractivity contribution in [1.29, 1.82) is 0 Å². The van der Waals surface area contributed by atoms with E-state index in [9.17, 15) is 19.5 Å². The number of carbonyl (C=O) groups is 3. The van der Waals surface area contributed by atoms with Crippen LogP contribution in [0.5, 0.6) is 5.75 Å². The van der Waals surface area contributed by atoms with Crippen molar-refractivity contribution >= 4 is 33.5 Å². The molecular formula is C28H26BrNO5. The number of carboxylic acid groups (broad SMARTS) is 1. The van der Waals surface area contributed by atoms with Gasteiger partial charge < -0.3 is 14.7 Å². The van der Waals surface area contributed by atoms with Crippen LogP contribution < -0.4 is 4.74 Å². The average molecular weight is 536 g/mol. The topological polar surface area (TPSA) is 83.9 Å². The summed E-state index contributed by atoms with van der Waals surface area (Å²) in [6.07, 6.45) is 3.51. The summed E-state index contributed by atoms with van der Waals surface area (Å²) in [6.45, 7) is 0.204. The second-order valence-corrected chi connectivity index (χ2v) is 10.1. The van der Waals surface area contributed by atoms with Crippen LogP contribution in [0.1, 0.15) is 55.6 Å². The van der Waals surface area contributed by atoms with Crippen LogP contribution in [0.4, 0.5) is 0 Å². The summed E-state index contributed by atoms with van der Waals surface area (Å²) in [6, 6.07) is 15.5. The van der Waals surface area contributed by atoms with Gasteiger partial charge in [0.2, 0.25) is 0 Å². The summed E-state index contributed by atoms with van der Waals surface area (Å²) in [5.74, 6) is -0.704. The van der Waals surface area contributed by atoms with Gasteiger partial charge in [0.15, 0.2) is 11.6 Å². The summed E-state index contributed by atoms with van der Waals surface area (Å²) in [5.41, 5.74) is 4.65. The van der Waals surface area contributed by atoms with Gasteiger partial charge in [-0.3, -0.25) is 14.4 Å². The van der Waals surface area contributed by atoms with Crippen molar-refractivity contribution < 1.29 is 24.2 Å². The Morgan fingerprint density at radius 2 is 1.46 bits per heavy atom. The van der Waals surface area contributed by atoms with E-state index in [1.807, 2.05) is 48.5 Å². The predicted octanol–water partition coefficient (Wildman–Crippen LogP) is 5.53. The second kappa shape index (κ2) is 9.82. The number of ketones is 2. The number of nitrogens with zero attached hydrogens (tertiary/aromatic N) is 1. The van der Waals surface area contributed by atoms with Gasteiger partial charge in [-0.1, -0.05) is 40.2 Å². The largest absolute Gasteiger partial charge is 0.489 e. The molecule has 0 bridgehead atoms. The van der Waals surface area contributed by atoms with E-state index in [1.165, 1.54) is 0 Å². The highest BCUT2D eigenvalue weighted by atomic mass is 79.9. The van der Waals surface area contributed by atoms with Gasteiger partial charge in [0.05, 0.1) is 0 Å². The monoisotopic (exact) mass is 535 g/mol. The summed E-state index contributed by atoms with van der Waals surface area (Å²) in [7, 11) is 0. The molecule has 7 heteroatoms. The molecule has 6 nitrogen and oxygen atoms in total. The number of hydrogen-bond donors (Lipinski definition) is 1.